The van der Waals surface area contributed by atoms with Gasteiger partial charge in [-0.15, -0.1) is 16.4 Å². The van der Waals surface area contributed by atoms with Crippen LogP contribution in [-0.4, -0.2) is 56.8 Å². The third kappa shape index (κ3) is 5.14. The first kappa shape index (κ1) is 22.6. The van der Waals surface area contributed by atoms with Gasteiger partial charge in [0, 0.05) is 25.2 Å². The van der Waals surface area contributed by atoms with Crippen LogP contribution < -0.4 is 10.6 Å². The highest BCUT2D eigenvalue weighted by Crippen LogP contribution is 2.25. The second kappa shape index (κ2) is 10.4. The van der Waals surface area contributed by atoms with E-state index in [1.165, 1.54) is 19.3 Å². The molecule has 1 saturated heterocycles. The molecule has 1 aliphatic carbocycles. The number of hydrogen-bond acceptors (Lipinski definition) is 5. The average molecular weight is 479 g/mol. The summed E-state index contributed by atoms with van der Waals surface area (Å²) in [6.07, 6.45) is 7.26. The molecule has 0 radical (unpaired) electrons. The van der Waals surface area contributed by atoms with E-state index in [0.717, 1.165) is 36.2 Å². The van der Waals surface area contributed by atoms with Gasteiger partial charge in [-0.2, -0.15) is 0 Å². The highest BCUT2D eigenvalue weighted by Gasteiger charge is 2.27. The number of aromatic nitrogens is 3. The molecule has 3 amide bonds. The summed E-state index contributed by atoms with van der Waals surface area (Å²) in [6.45, 7) is 1.27. The van der Waals surface area contributed by atoms with E-state index in [2.05, 4.69) is 20.7 Å². The first-order valence-corrected chi connectivity index (χ1v) is 13.0. The van der Waals surface area contributed by atoms with Gasteiger partial charge in [-0.25, -0.2) is 14.5 Å². The molecule has 1 aliphatic heterocycles. The standard InChI is InChI=1S/C25H30N6O2S/c32-24(26-19-13-15-30(16-14-19)25(33)27-18-8-3-1-4-9-18)22-28-23(21-12-7-17-34-21)31(29-22)20-10-5-2-6-11-20/h2,5-7,10-12,17-19H,1,3-4,8-9,13-16H2,(H,26,32)(H,27,33). The number of nitrogens with zero attached hydrogens (tertiary/aromatic N) is 4. The van der Waals surface area contributed by atoms with Crippen molar-refractivity contribution in [3.05, 3.63) is 53.7 Å². The Bertz CT molecular complexity index is 1100. The van der Waals surface area contributed by atoms with Crippen LogP contribution in [0.2, 0.25) is 0 Å². The molecule has 1 saturated carbocycles. The number of amides is 3. The van der Waals surface area contributed by atoms with E-state index in [9.17, 15) is 9.59 Å². The van der Waals surface area contributed by atoms with E-state index >= 15 is 0 Å². The van der Waals surface area contributed by atoms with Crippen molar-refractivity contribution in [1.82, 2.24) is 30.3 Å². The van der Waals surface area contributed by atoms with Gasteiger partial charge >= 0.3 is 6.03 Å². The van der Waals surface area contributed by atoms with Crippen molar-refractivity contribution in [3.63, 3.8) is 0 Å². The van der Waals surface area contributed by atoms with Crippen LogP contribution in [0.3, 0.4) is 0 Å². The summed E-state index contributed by atoms with van der Waals surface area (Å²) < 4.78 is 1.72. The van der Waals surface area contributed by atoms with Crippen molar-refractivity contribution < 1.29 is 9.59 Å². The quantitative estimate of drug-likeness (QED) is 0.574. The van der Waals surface area contributed by atoms with Crippen LogP contribution in [0, 0.1) is 0 Å². The predicted molar refractivity (Wildman–Crippen MR) is 132 cm³/mol. The van der Waals surface area contributed by atoms with Gasteiger partial charge in [0.15, 0.2) is 5.82 Å². The van der Waals surface area contributed by atoms with Gasteiger partial charge in [0.1, 0.15) is 0 Å². The van der Waals surface area contributed by atoms with Crippen molar-refractivity contribution in [1.29, 1.82) is 0 Å². The minimum atomic E-state index is -0.280. The van der Waals surface area contributed by atoms with Crippen molar-refractivity contribution in [3.8, 4) is 16.4 Å². The smallest absolute Gasteiger partial charge is 0.317 e. The van der Waals surface area contributed by atoms with Gasteiger partial charge in [-0.3, -0.25) is 4.79 Å². The fourth-order valence-electron chi connectivity index (χ4n) is 4.71. The predicted octanol–water partition coefficient (Wildman–Crippen LogP) is 4.23. The van der Waals surface area contributed by atoms with Crippen LogP contribution in [0.25, 0.3) is 16.4 Å². The zero-order valence-corrected chi connectivity index (χ0v) is 20.0. The Kier molecular flexibility index (Phi) is 6.89. The highest BCUT2D eigenvalue weighted by molar-refractivity contribution is 7.13. The minimum Gasteiger partial charge on any atom is -0.346 e. The van der Waals surface area contributed by atoms with Crippen molar-refractivity contribution in [2.45, 2.75) is 57.0 Å². The van der Waals surface area contributed by atoms with Gasteiger partial charge in [-0.1, -0.05) is 43.5 Å². The summed E-state index contributed by atoms with van der Waals surface area (Å²) in [5.41, 5.74) is 0.856. The van der Waals surface area contributed by atoms with Crippen LogP contribution in [-0.2, 0) is 0 Å². The number of likely N-dealkylation sites (tertiary alicyclic amines) is 1. The number of carbonyl (C=O) groups is 2. The molecule has 2 aliphatic rings. The van der Waals surface area contributed by atoms with Crippen LogP contribution in [0.4, 0.5) is 4.79 Å². The van der Waals surface area contributed by atoms with Crippen molar-refractivity contribution >= 4 is 23.3 Å². The summed E-state index contributed by atoms with van der Waals surface area (Å²) >= 11 is 1.56. The fourth-order valence-corrected chi connectivity index (χ4v) is 5.41. The van der Waals surface area contributed by atoms with E-state index in [0.29, 0.717) is 25.0 Å². The maximum absolute atomic E-state index is 13.0. The summed E-state index contributed by atoms with van der Waals surface area (Å²) in [4.78, 5) is 33.0. The molecule has 0 atom stereocenters. The van der Waals surface area contributed by atoms with Gasteiger partial charge in [-0.05, 0) is 49.3 Å². The Hall–Kier alpha value is -3.20. The molecular weight excluding hydrogens is 448 g/mol. The minimum absolute atomic E-state index is 0.0000867. The van der Waals surface area contributed by atoms with Crippen LogP contribution in [0.5, 0.6) is 0 Å². The Balaban J connectivity index is 1.21. The van der Waals surface area contributed by atoms with Crippen LogP contribution >= 0.6 is 11.3 Å². The molecule has 3 heterocycles. The monoisotopic (exact) mass is 478 g/mol. The molecular formula is C25H30N6O2S. The number of carbonyl (C=O) groups excluding carboxylic acids is 2. The Morgan fingerprint density at radius 1 is 0.882 bits per heavy atom. The molecule has 8 nitrogen and oxygen atoms in total. The van der Waals surface area contributed by atoms with Gasteiger partial charge in [0.05, 0.1) is 10.6 Å². The molecule has 2 aromatic heterocycles. The first-order chi connectivity index (χ1) is 16.7. The largest absolute Gasteiger partial charge is 0.346 e. The second-order valence-electron chi connectivity index (χ2n) is 9.00. The summed E-state index contributed by atoms with van der Waals surface area (Å²) in [6, 6.07) is 14.0. The maximum atomic E-state index is 13.0. The molecule has 0 spiro atoms. The number of nitrogens with one attached hydrogen (secondary N) is 2. The molecule has 34 heavy (non-hydrogen) atoms. The number of piperidine rings is 1. The first-order valence-electron chi connectivity index (χ1n) is 12.1. The zero-order chi connectivity index (χ0) is 23.3. The topological polar surface area (TPSA) is 92.2 Å². The van der Waals surface area contributed by atoms with E-state index in [-0.39, 0.29) is 23.8 Å². The average Bonchev–Trinajstić information content (AvgIpc) is 3.56. The van der Waals surface area contributed by atoms with E-state index in [4.69, 9.17) is 0 Å². The Morgan fingerprint density at radius 2 is 1.62 bits per heavy atom. The fraction of sp³-hybridized carbons (Fsp3) is 0.440. The number of urea groups is 1. The summed E-state index contributed by atoms with van der Waals surface area (Å²) in [7, 11) is 0. The van der Waals surface area contributed by atoms with Crippen LogP contribution in [0.15, 0.2) is 47.8 Å². The van der Waals surface area contributed by atoms with Crippen molar-refractivity contribution in [2.75, 3.05) is 13.1 Å². The maximum Gasteiger partial charge on any atom is 0.317 e. The lowest BCUT2D eigenvalue weighted by Crippen LogP contribution is -2.51. The lowest BCUT2D eigenvalue weighted by Gasteiger charge is -2.34. The van der Waals surface area contributed by atoms with Gasteiger partial charge in [0.2, 0.25) is 5.82 Å². The molecule has 0 unspecified atom stereocenters. The van der Waals surface area contributed by atoms with Gasteiger partial charge < -0.3 is 15.5 Å². The van der Waals surface area contributed by atoms with E-state index in [1.807, 2.05) is 52.7 Å². The molecule has 178 valence electrons. The molecule has 1 aromatic carbocycles. The van der Waals surface area contributed by atoms with Crippen LogP contribution in [0.1, 0.15) is 55.6 Å². The highest BCUT2D eigenvalue weighted by atomic mass is 32.1. The Labute approximate surface area is 203 Å². The van der Waals surface area contributed by atoms with E-state index < -0.39 is 0 Å². The molecule has 2 N–H and O–H groups in total. The number of benzene rings is 1. The van der Waals surface area contributed by atoms with E-state index in [1.54, 1.807) is 16.0 Å². The zero-order valence-electron chi connectivity index (χ0n) is 19.2. The number of thiophene rings is 1. The number of rotatable bonds is 5. The molecule has 2 fully saturated rings. The number of hydrogen-bond donors (Lipinski definition) is 2. The SMILES string of the molecule is O=C(NC1CCN(C(=O)NC2CCCCC2)CC1)c1nc(-c2cccs2)n(-c2ccccc2)n1. The Morgan fingerprint density at radius 3 is 2.32 bits per heavy atom. The second-order valence-corrected chi connectivity index (χ2v) is 9.95. The molecule has 5 rings (SSSR count). The lowest BCUT2D eigenvalue weighted by atomic mass is 9.95. The summed E-state index contributed by atoms with van der Waals surface area (Å²) in [5, 5.41) is 12.8. The van der Waals surface area contributed by atoms with Crippen molar-refractivity contribution in [2.24, 2.45) is 0 Å². The lowest BCUT2D eigenvalue weighted by molar-refractivity contribution is 0.0907. The normalized spacial score (nSPS) is 17.5. The third-order valence-electron chi connectivity index (χ3n) is 6.60. The third-order valence-corrected chi connectivity index (χ3v) is 7.47. The number of para-hydroxylation sites is 1. The van der Waals surface area contributed by atoms with Gasteiger partial charge in [0.25, 0.3) is 5.91 Å². The summed E-state index contributed by atoms with van der Waals surface area (Å²) in [5.74, 6) is 0.530. The molecule has 9 heteroatoms. The molecule has 0 bridgehead atoms. The molecule has 3 aromatic rings.